The molecule has 0 bridgehead atoms. The van der Waals surface area contributed by atoms with E-state index in [4.69, 9.17) is 4.74 Å². The molecule has 0 saturated carbocycles. The average molecular weight is 318 g/mol. The Morgan fingerprint density at radius 2 is 2.09 bits per heavy atom. The van der Waals surface area contributed by atoms with Gasteiger partial charge in [-0.1, -0.05) is 0 Å². The number of benzene rings is 1. The molecular formula is C17H16F2N2O2. The lowest BCUT2D eigenvalue weighted by atomic mass is 10.0. The number of carbonyl (C=O) groups is 1. The van der Waals surface area contributed by atoms with E-state index in [1.807, 2.05) is 6.92 Å². The highest BCUT2D eigenvalue weighted by atomic mass is 19.1. The zero-order valence-electron chi connectivity index (χ0n) is 12.9. The van der Waals surface area contributed by atoms with Gasteiger partial charge in [-0.3, -0.25) is 4.98 Å². The molecule has 1 aliphatic heterocycles. The van der Waals surface area contributed by atoms with E-state index in [0.717, 1.165) is 11.3 Å². The molecule has 0 aliphatic carbocycles. The van der Waals surface area contributed by atoms with E-state index in [0.29, 0.717) is 30.8 Å². The van der Waals surface area contributed by atoms with Crippen molar-refractivity contribution in [2.45, 2.75) is 20.4 Å². The minimum atomic E-state index is -0.595. The summed E-state index contributed by atoms with van der Waals surface area (Å²) >= 11 is 0. The fourth-order valence-electron chi connectivity index (χ4n) is 2.55. The van der Waals surface area contributed by atoms with Gasteiger partial charge in [-0.05, 0) is 37.6 Å². The van der Waals surface area contributed by atoms with Crippen LogP contribution in [0.5, 0.6) is 0 Å². The third-order valence-corrected chi connectivity index (χ3v) is 4.03. The summed E-state index contributed by atoms with van der Waals surface area (Å²) < 4.78 is 32.6. The maximum absolute atomic E-state index is 14.3. The normalized spacial score (nSPS) is 14.3. The molecule has 2 heterocycles. The molecule has 23 heavy (non-hydrogen) atoms. The molecule has 6 heteroatoms. The topological polar surface area (TPSA) is 42.4 Å². The Morgan fingerprint density at radius 1 is 1.30 bits per heavy atom. The van der Waals surface area contributed by atoms with Gasteiger partial charge in [0.05, 0.1) is 13.1 Å². The van der Waals surface area contributed by atoms with Crippen LogP contribution in [0.3, 0.4) is 0 Å². The van der Waals surface area contributed by atoms with Gasteiger partial charge in [-0.25, -0.2) is 13.6 Å². The Balaban J connectivity index is 1.97. The molecule has 1 aromatic carbocycles. The van der Waals surface area contributed by atoms with Gasteiger partial charge >= 0.3 is 6.09 Å². The summed E-state index contributed by atoms with van der Waals surface area (Å²) in [5, 5.41) is 0. The zero-order chi connectivity index (χ0) is 16.6. The lowest BCUT2D eigenvalue weighted by Crippen LogP contribution is -2.24. The SMILES string of the molecule is Cc1ncc(-c2ccc(F)c(C)c2F)cc1CN1CCOC1=O. The first-order valence-electron chi connectivity index (χ1n) is 7.29. The highest BCUT2D eigenvalue weighted by Crippen LogP contribution is 2.27. The number of carbonyl (C=O) groups excluding carboxylic acids is 1. The van der Waals surface area contributed by atoms with Crippen molar-refractivity contribution in [1.82, 2.24) is 9.88 Å². The van der Waals surface area contributed by atoms with Gasteiger partial charge in [-0.15, -0.1) is 0 Å². The fourth-order valence-corrected chi connectivity index (χ4v) is 2.55. The number of halogens is 2. The molecule has 0 spiro atoms. The van der Waals surface area contributed by atoms with Crippen molar-refractivity contribution in [3.05, 3.63) is 52.9 Å². The number of nitrogens with zero attached hydrogens (tertiary/aromatic N) is 2. The number of cyclic esters (lactones) is 1. The van der Waals surface area contributed by atoms with E-state index >= 15 is 0 Å². The maximum Gasteiger partial charge on any atom is 0.410 e. The largest absolute Gasteiger partial charge is 0.448 e. The van der Waals surface area contributed by atoms with Gasteiger partial charge in [0.25, 0.3) is 0 Å². The first-order valence-corrected chi connectivity index (χ1v) is 7.29. The summed E-state index contributed by atoms with van der Waals surface area (Å²) in [6.07, 6.45) is 1.19. The number of aromatic nitrogens is 1. The number of hydrogen-bond donors (Lipinski definition) is 0. The molecule has 1 amide bonds. The quantitative estimate of drug-likeness (QED) is 0.868. The lowest BCUT2D eigenvalue weighted by Gasteiger charge is -2.15. The predicted molar refractivity (Wildman–Crippen MR) is 80.8 cm³/mol. The minimum absolute atomic E-state index is 0.0206. The number of hydrogen-bond acceptors (Lipinski definition) is 3. The summed E-state index contributed by atoms with van der Waals surface area (Å²) in [4.78, 5) is 17.4. The van der Waals surface area contributed by atoms with Gasteiger partial charge in [0.1, 0.15) is 18.2 Å². The summed E-state index contributed by atoms with van der Waals surface area (Å²) in [5.74, 6) is -1.17. The Bertz CT molecular complexity index is 777. The molecule has 1 aliphatic rings. The van der Waals surface area contributed by atoms with Crippen LogP contribution in [0, 0.1) is 25.5 Å². The van der Waals surface area contributed by atoms with Crippen LogP contribution in [-0.2, 0) is 11.3 Å². The summed E-state index contributed by atoms with van der Waals surface area (Å²) in [6, 6.07) is 4.42. The van der Waals surface area contributed by atoms with E-state index in [9.17, 15) is 13.6 Å². The van der Waals surface area contributed by atoms with Crippen LogP contribution in [0.2, 0.25) is 0 Å². The molecule has 120 valence electrons. The summed E-state index contributed by atoms with van der Waals surface area (Å²) in [7, 11) is 0. The lowest BCUT2D eigenvalue weighted by molar-refractivity contribution is 0.157. The molecule has 4 nitrogen and oxygen atoms in total. The second kappa shape index (κ2) is 5.95. The molecule has 0 radical (unpaired) electrons. The van der Waals surface area contributed by atoms with Crippen molar-refractivity contribution in [1.29, 1.82) is 0 Å². The highest BCUT2D eigenvalue weighted by molar-refractivity contribution is 5.70. The smallest absolute Gasteiger partial charge is 0.410 e. The van der Waals surface area contributed by atoms with Crippen molar-refractivity contribution in [3.63, 3.8) is 0 Å². The van der Waals surface area contributed by atoms with Crippen molar-refractivity contribution in [3.8, 4) is 11.1 Å². The molecule has 1 aromatic heterocycles. The van der Waals surface area contributed by atoms with E-state index in [1.54, 1.807) is 17.2 Å². The average Bonchev–Trinajstić information content (AvgIpc) is 2.93. The number of pyridine rings is 1. The third-order valence-electron chi connectivity index (χ3n) is 4.03. The van der Waals surface area contributed by atoms with E-state index in [2.05, 4.69) is 4.98 Å². The van der Waals surface area contributed by atoms with E-state index in [1.165, 1.54) is 19.1 Å². The van der Waals surface area contributed by atoms with Crippen molar-refractivity contribution < 1.29 is 18.3 Å². The van der Waals surface area contributed by atoms with Crippen LogP contribution in [0.4, 0.5) is 13.6 Å². The molecule has 2 aromatic rings. The Morgan fingerprint density at radius 3 is 2.78 bits per heavy atom. The van der Waals surface area contributed by atoms with Crippen LogP contribution in [0.15, 0.2) is 24.4 Å². The number of aryl methyl sites for hydroxylation is 1. The molecular weight excluding hydrogens is 302 g/mol. The van der Waals surface area contributed by atoms with Crippen LogP contribution in [-0.4, -0.2) is 29.1 Å². The molecule has 3 rings (SSSR count). The summed E-state index contributed by atoms with van der Waals surface area (Å²) in [5.41, 5.74) is 2.39. The number of ether oxygens (including phenoxy) is 1. The maximum atomic E-state index is 14.3. The zero-order valence-corrected chi connectivity index (χ0v) is 12.9. The van der Waals surface area contributed by atoms with E-state index < -0.39 is 11.6 Å². The van der Waals surface area contributed by atoms with Crippen LogP contribution < -0.4 is 0 Å². The third kappa shape index (κ3) is 2.88. The Labute approximate surface area is 132 Å². The van der Waals surface area contributed by atoms with Gasteiger partial charge in [0.15, 0.2) is 0 Å². The molecule has 0 N–H and O–H groups in total. The first-order chi connectivity index (χ1) is 11.0. The van der Waals surface area contributed by atoms with Gasteiger partial charge in [0, 0.05) is 28.6 Å². The van der Waals surface area contributed by atoms with Crippen LogP contribution in [0.25, 0.3) is 11.1 Å². The Kier molecular flexibility index (Phi) is 3.98. The summed E-state index contributed by atoms with van der Waals surface area (Å²) in [6.45, 7) is 4.47. The fraction of sp³-hybridized carbons (Fsp3) is 0.294. The number of amides is 1. The Hall–Kier alpha value is -2.50. The van der Waals surface area contributed by atoms with E-state index in [-0.39, 0.29) is 11.7 Å². The molecule has 1 fully saturated rings. The van der Waals surface area contributed by atoms with Gasteiger partial charge < -0.3 is 9.64 Å². The number of rotatable bonds is 3. The molecule has 1 saturated heterocycles. The predicted octanol–water partition coefficient (Wildman–Crippen LogP) is 3.60. The van der Waals surface area contributed by atoms with Crippen LogP contribution >= 0.6 is 0 Å². The van der Waals surface area contributed by atoms with Crippen molar-refractivity contribution in [2.75, 3.05) is 13.2 Å². The van der Waals surface area contributed by atoms with Gasteiger partial charge in [-0.2, -0.15) is 0 Å². The minimum Gasteiger partial charge on any atom is -0.448 e. The van der Waals surface area contributed by atoms with Crippen molar-refractivity contribution in [2.24, 2.45) is 0 Å². The van der Waals surface area contributed by atoms with Gasteiger partial charge in [0.2, 0.25) is 0 Å². The second-order valence-corrected chi connectivity index (χ2v) is 5.54. The monoisotopic (exact) mass is 318 g/mol. The van der Waals surface area contributed by atoms with Crippen LogP contribution in [0.1, 0.15) is 16.8 Å². The molecule has 0 atom stereocenters. The standard InChI is InChI=1S/C17H16F2N2O2/c1-10-15(18)4-3-14(16(10)19)12-7-13(11(2)20-8-12)9-21-5-6-23-17(21)22/h3-4,7-8H,5-6,9H2,1-2H3. The highest BCUT2D eigenvalue weighted by Gasteiger charge is 2.23. The first kappa shape index (κ1) is 15.4. The van der Waals surface area contributed by atoms with Crippen molar-refractivity contribution >= 4 is 6.09 Å². The second-order valence-electron chi connectivity index (χ2n) is 5.54. The molecule has 0 unspecified atom stereocenters.